The van der Waals surface area contributed by atoms with Crippen molar-refractivity contribution in [2.75, 3.05) is 0 Å². The summed E-state index contributed by atoms with van der Waals surface area (Å²) in [4.78, 5) is 26.5. The Kier molecular flexibility index (Phi) is 11.3. The van der Waals surface area contributed by atoms with Gasteiger partial charge in [-0.2, -0.15) is 0 Å². The Morgan fingerprint density at radius 3 is 1.73 bits per heavy atom. The summed E-state index contributed by atoms with van der Waals surface area (Å²) in [6.07, 6.45) is 1.73. The normalized spacial score (nSPS) is 17.1. The predicted octanol–water partition coefficient (Wildman–Crippen LogP) is 2.50. The molecule has 0 rings (SSSR count). The van der Waals surface area contributed by atoms with Gasteiger partial charge in [0.25, 0.3) is 0 Å². The first kappa shape index (κ1) is 26.2. The van der Waals surface area contributed by atoms with Crippen LogP contribution in [0.2, 0.25) is 0 Å². The molecule has 0 aliphatic rings. The predicted molar refractivity (Wildman–Crippen MR) is 97.9 cm³/mol. The van der Waals surface area contributed by atoms with Gasteiger partial charge < -0.3 is 29.4 Å². The number of hydrogen-bond acceptors (Lipinski definition) is 6. The Hall–Kier alpha value is 0.180. The van der Waals surface area contributed by atoms with Crippen LogP contribution in [-0.4, -0.2) is 48.3 Å². The molecule has 0 saturated carbocycles. The zero-order valence-corrected chi connectivity index (χ0v) is 17.8. The van der Waals surface area contributed by atoms with E-state index in [0.29, 0.717) is 38.5 Å². The highest BCUT2D eigenvalue weighted by Gasteiger charge is 2.29. The van der Waals surface area contributed by atoms with Gasteiger partial charge in [0.05, 0.1) is 23.4 Å². The Balaban J connectivity index is 4.02. The second-order valence-corrected chi connectivity index (χ2v) is 9.68. The SMILES string of the molecule is CC(C)(CCC(O)CCCC(O)CCC(C)(C)OP(=O)(O)O)O[PH](=O)O. The van der Waals surface area contributed by atoms with Gasteiger partial charge in [0.15, 0.2) is 0 Å². The standard InChI is InChI=1S/C15H34O9P2/c1-14(2,23-25(18)19)10-8-12(16)6-5-7-13(17)9-11-15(3,4)24-26(20,21)22/h12-13,16-17,25H,5-11H2,1-4H3,(H,18,19)(H2,20,21,22). The van der Waals surface area contributed by atoms with Gasteiger partial charge in [-0.05, 0) is 72.6 Å². The summed E-state index contributed by atoms with van der Waals surface area (Å²) in [7, 11) is -7.59. The second kappa shape index (κ2) is 11.2. The van der Waals surface area contributed by atoms with Crippen molar-refractivity contribution in [2.24, 2.45) is 0 Å². The highest BCUT2D eigenvalue weighted by Crippen LogP contribution is 2.42. The van der Waals surface area contributed by atoms with E-state index in [1.165, 1.54) is 0 Å². The van der Waals surface area contributed by atoms with Crippen molar-refractivity contribution < 1.29 is 43.1 Å². The van der Waals surface area contributed by atoms with E-state index >= 15 is 0 Å². The molecule has 0 fully saturated rings. The highest BCUT2D eigenvalue weighted by molar-refractivity contribution is 7.46. The number of phosphoric acid groups is 1. The lowest BCUT2D eigenvalue weighted by molar-refractivity contribution is 0.0380. The first-order chi connectivity index (χ1) is 11.6. The van der Waals surface area contributed by atoms with Crippen molar-refractivity contribution in [1.29, 1.82) is 0 Å². The van der Waals surface area contributed by atoms with Gasteiger partial charge >= 0.3 is 16.1 Å². The fraction of sp³-hybridized carbons (Fsp3) is 1.00. The van der Waals surface area contributed by atoms with Crippen LogP contribution in [0, 0.1) is 0 Å². The van der Waals surface area contributed by atoms with Crippen molar-refractivity contribution in [3.8, 4) is 0 Å². The third-order valence-corrected chi connectivity index (χ3v) is 5.42. The van der Waals surface area contributed by atoms with E-state index in [2.05, 4.69) is 4.52 Å². The van der Waals surface area contributed by atoms with Gasteiger partial charge in [0, 0.05) is 0 Å². The molecular weight excluding hydrogens is 386 g/mol. The van der Waals surface area contributed by atoms with Crippen LogP contribution in [0.3, 0.4) is 0 Å². The molecule has 158 valence electrons. The number of rotatable bonds is 14. The summed E-state index contributed by atoms with van der Waals surface area (Å²) in [6, 6.07) is 0. The molecule has 3 unspecified atom stereocenters. The Morgan fingerprint density at radius 1 is 0.923 bits per heavy atom. The van der Waals surface area contributed by atoms with E-state index in [4.69, 9.17) is 19.2 Å². The molecule has 0 radical (unpaired) electrons. The molecule has 5 N–H and O–H groups in total. The van der Waals surface area contributed by atoms with Gasteiger partial charge in [-0.1, -0.05) is 0 Å². The van der Waals surface area contributed by atoms with Gasteiger partial charge in [-0.15, -0.1) is 0 Å². The van der Waals surface area contributed by atoms with Crippen molar-refractivity contribution in [1.82, 2.24) is 0 Å². The lowest BCUT2D eigenvalue weighted by Crippen LogP contribution is -2.25. The van der Waals surface area contributed by atoms with E-state index < -0.39 is 39.5 Å². The first-order valence-corrected chi connectivity index (χ1v) is 11.5. The third kappa shape index (κ3) is 15.3. The smallest absolute Gasteiger partial charge is 0.393 e. The molecule has 0 aromatic rings. The molecule has 0 spiro atoms. The van der Waals surface area contributed by atoms with E-state index in [1.54, 1.807) is 27.7 Å². The molecule has 26 heavy (non-hydrogen) atoms. The van der Waals surface area contributed by atoms with Crippen LogP contribution in [0.15, 0.2) is 0 Å². The monoisotopic (exact) mass is 420 g/mol. The summed E-state index contributed by atoms with van der Waals surface area (Å²) in [5.41, 5.74) is -1.82. The molecule has 9 nitrogen and oxygen atoms in total. The average molecular weight is 420 g/mol. The average Bonchev–Trinajstić information content (AvgIpc) is 2.39. The van der Waals surface area contributed by atoms with E-state index in [1.807, 2.05) is 0 Å². The van der Waals surface area contributed by atoms with Crippen LogP contribution in [0.1, 0.15) is 72.6 Å². The molecule has 11 heteroatoms. The maximum Gasteiger partial charge on any atom is 0.470 e. The summed E-state index contributed by atoms with van der Waals surface area (Å²) in [5.74, 6) is 0. The second-order valence-electron chi connectivity index (χ2n) is 7.79. The van der Waals surface area contributed by atoms with E-state index in [9.17, 15) is 19.3 Å². The van der Waals surface area contributed by atoms with E-state index in [-0.39, 0.29) is 6.42 Å². The number of phosphoric ester groups is 1. The fourth-order valence-corrected chi connectivity index (χ4v) is 3.87. The van der Waals surface area contributed by atoms with Crippen LogP contribution in [0.5, 0.6) is 0 Å². The minimum absolute atomic E-state index is 0.285. The fourth-order valence-electron chi connectivity index (χ4n) is 2.56. The van der Waals surface area contributed by atoms with Crippen LogP contribution in [0.25, 0.3) is 0 Å². The molecule has 0 aromatic carbocycles. The first-order valence-electron chi connectivity index (χ1n) is 8.66. The molecule has 0 bridgehead atoms. The summed E-state index contributed by atoms with van der Waals surface area (Å²) in [5, 5.41) is 19.9. The maximum atomic E-state index is 10.9. The molecule has 0 amide bonds. The third-order valence-electron chi connectivity index (χ3n) is 3.96. The highest BCUT2D eigenvalue weighted by atomic mass is 31.2. The molecule has 0 aromatic heterocycles. The molecule has 3 atom stereocenters. The number of hydrogen-bond donors (Lipinski definition) is 5. The van der Waals surface area contributed by atoms with Crippen molar-refractivity contribution in [3.63, 3.8) is 0 Å². The molecule has 0 saturated heterocycles. The topological polar surface area (TPSA) is 154 Å². The van der Waals surface area contributed by atoms with Crippen molar-refractivity contribution in [2.45, 2.75) is 96.1 Å². The Labute approximate surface area is 155 Å². The molecule has 0 heterocycles. The van der Waals surface area contributed by atoms with Crippen LogP contribution < -0.4 is 0 Å². The number of aliphatic hydroxyl groups is 2. The maximum absolute atomic E-state index is 10.9. The largest absolute Gasteiger partial charge is 0.470 e. The van der Waals surface area contributed by atoms with Gasteiger partial charge in [-0.25, -0.2) is 4.57 Å². The lowest BCUT2D eigenvalue weighted by Gasteiger charge is -2.26. The van der Waals surface area contributed by atoms with Crippen molar-refractivity contribution in [3.05, 3.63) is 0 Å². The van der Waals surface area contributed by atoms with E-state index in [0.717, 1.165) is 0 Å². The minimum Gasteiger partial charge on any atom is -0.393 e. The van der Waals surface area contributed by atoms with Crippen LogP contribution >= 0.6 is 16.1 Å². The summed E-state index contributed by atoms with van der Waals surface area (Å²) >= 11 is 0. The zero-order valence-electron chi connectivity index (χ0n) is 15.9. The summed E-state index contributed by atoms with van der Waals surface area (Å²) < 4.78 is 31.2. The zero-order chi connectivity index (χ0) is 20.6. The number of aliphatic hydroxyl groups excluding tert-OH is 2. The quantitative estimate of drug-likeness (QED) is 0.267. The van der Waals surface area contributed by atoms with Gasteiger partial charge in [-0.3, -0.25) is 9.09 Å². The molecule has 0 aliphatic heterocycles. The molecule has 0 aliphatic carbocycles. The summed E-state index contributed by atoms with van der Waals surface area (Å²) in [6.45, 7) is 6.47. The van der Waals surface area contributed by atoms with Crippen molar-refractivity contribution >= 4 is 16.1 Å². The lowest BCUT2D eigenvalue weighted by atomic mass is 9.95. The Bertz CT molecular complexity index is 476. The van der Waals surface area contributed by atoms with Gasteiger partial charge in [0.2, 0.25) is 0 Å². The Morgan fingerprint density at radius 2 is 1.35 bits per heavy atom. The van der Waals surface area contributed by atoms with Crippen LogP contribution in [0.4, 0.5) is 0 Å². The van der Waals surface area contributed by atoms with Gasteiger partial charge in [0.1, 0.15) is 0 Å². The minimum atomic E-state index is -4.57. The molecular formula is C15H34O9P2. The van der Waals surface area contributed by atoms with Crippen LogP contribution in [-0.2, 0) is 18.2 Å².